The van der Waals surface area contributed by atoms with Crippen molar-refractivity contribution in [2.45, 2.75) is 26.3 Å². The van der Waals surface area contributed by atoms with Crippen LogP contribution in [0.4, 0.5) is 0 Å². The molecule has 6 nitrogen and oxygen atoms in total. The number of benzene rings is 1. The number of Topliss-reactive ketones (excluding diaryl/α,β-unsaturated/α-hetero) is 1. The van der Waals surface area contributed by atoms with E-state index in [4.69, 9.17) is 9.84 Å². The summed E-state index contributed by atoms with van der Waals surface area (Å²) >= 11 is 0. The third kappa shape index (κ3) is 5.78. The first-order chi connectivity index (χ1) is 10.4. The summed E-state index contributed by atoms with van der Waals surface area (Å²) in [5, 5.41) is 11.4. The Bertz CT molecular complexity index is 580. The minimum Gasteiger partial charge on any atom is -0.484 e. The highest BCUT2D eigenvalue weighted by atomic mass is 16.5. The topological polar surface area (TPSA) is 92.7 Å². The number of amides is 1. The van der Waals surface area contributed by atoms with Gasteiger partial charge >= 0.3 is 5.97 Å². The number of carboxylic acid groups (broad SMARTS) is 1. The molecule has 1 rings (SSSR count). The molecule has 0 aliphatic rings. The largest absolute Gasteiger partial charge is 0.484 e. The van der Waals surface area contributed by atoms with E-state index in [9.17, 15) is 14.4 Å². The summed E-state index contributed by atoms with van der Waals surface area (Å²) in [5.41, 5.74) is 0.481. The van der Waals surface area contributed by atoms with Crippen LogP contribution in [0.3, 0.4) is 0 Å². The van der Waals surface area contributed by atoms with Crippen LogP contribution in [0, 0.1) is 0 Å². The van der Waals surface area contributed by atoms with Gasteiger partial charge in [-0.05, 0) is 32.4 Å². The summed E-state index contributed by atoms with van der Waals surface area (Å²) < 4.78 is 5.27. The maximum absolute atomic E-state index is 11.7. The van der Waals surface area contributed by atoms with Gasteiger partial charge in [-0.1, -0.05) is 24.3 Å². The van der Waals surface area contributed by atoms with Gasteiger partial charge in [-0.3, -0.25) is 9.59 Å². The average Bonchev–Trinajstić information content (AvgIpc) is 2.49. The van der Waals surface area contributed by atoms with Crippen LogP contribution in [-0.4, -0.2) is 35.4 Å². The van der Waals surface area contributed by atoms with E-state index in [1.54, 1.807) is 37.3 Å². The normalized spacial score (nSPS) is 11.9. The molecule has 0 saturated carbocycles. The average molecular weight is 305 g/mol. The predicted octanol–water partition coefficient (Wildman–Crippen LogP) is 1.80. The predicted molar refractivity (Wildman–Crippen MR) is 80.9 cm³/mol. The van der Waals surface area contributed by atoms with Gasteiger partial charge in [-0.15, -0.1) is 0 Å². The number of ether oxygens (including phenoxy) is 1. The Balaban J connectivity index is 2.56. The molecular weight excluding hydrogens is 286 g/mol. The second-order valence-electron chi connectivity index (χ2n) is 4.64. The van der Waals surface area contributed by atoms with Crippen molar-refractivity contribution >= 4 is 17.7 Å². The van der Waals surface area contributed by atoms with Crippen LogP contribution in [0.5, 0.6) is 5.75 Å². The number of carbonyl (C=O) groups is 3. The molecule has 0 spiro atoms. The van der Waals surface area contributed by atoms with Crippen molar-refractivity contribution < 1.29 is 24.2 Å². The van der Waals surface area contributed by atoms with Crippen LogP contribution in [0.25, 0.3) is 0 Å². The highest BCUT2D eigenvalue weighted by molar-refractivity contribution is 5.94. The molecule has 0 fully saturated rings. The number of carbonyl (C=O) groups excluding carboxylic acids is 2. The molecule has 1 aromatic rings. The minimum atomic E-state index is -1.11. The Hall–Kier alpha value is -2.63. The summed E-state index contributed by atoms with van der Waals surface area (Å²) in [7, 11) is 0. The second kappa shape index (κ2) is 8.61. The Morgan fingerprint density at radius 2 is 2.09 bits per heavy atom. The third-order valence-electron chi connectivity index (χ3n) is 2.85. The fourth-order valence-corrected chi connectivity index (χ4v) is 1.68. The highest BCUT2D eigenvalue weighted by Crippen LogP contribution is 2.13. The molecule has 1 amide bonds. The van der Waals surface area contributed by atoms with Gasteiger partial charge in [0, 0.05) is 5.56 Å². The number of rotatable bonds is 8. The quantitative estimate of drug-likeness (QED) is 0.564. The van der Waals surface area contributed by atoms with Crippen LogP contribution in [0.15, 0.2) is 36.4 Å². The van der Waals surface area contributed by atoms with Gasteiger partial charge in [-0.2, -0.15) is 0 Å². The first kappa shape index (κ1) is 17.4. The molecule has 1 atom stereocenters. The lowest BCUT2D eigenvalue weighted by Gasteiger charge is -2.13. The molecule has 118 valence electrons. The molecular formula is C16H19NO5. The molecule has 0 aliphatic carbocycles. The van der Waals surface area contributed by atoms with Gasteiger partial charge in [0.15, 0.2) is 12.4 Å². The molecule has 0 aliphatic heterocycles. The maximum atomic E-state index is 11.7. The number of hydrogen-bond acceptors (Lipinski definition) is 4. The Labute approximate surface area is 128 Å². The van der Waals surface area contributed by atoms with E-state index in [1.807, 2.05) is 0 Å². The molecule has 0 aromatic heterocycles. The van der Waals surface area contributed by atoms with Crippen molar-refractivity contribution in [2.24, 2.45) is 0 Å². The zero-order valence-electron chi connectivity index (χ0n) is 12.5. The monoisotopic (exact) mass is 305 g/mol. The molecule has 0 radical (unpaired) electrons. The molecule has 2 N–H and O–H groups in total. The second-order valence-corrected chi connectivity index (χ2v) is 4.64. The molecule has 22 heavy (non-hydrogen) atoms. The summed E-state index contributed by atoms with van der Waals surface area (Å²) in [5.74, 6) is -1.37. The number of aliphatic carboxylic acids is 1. The van der Waals surface area contributed by atoms with Gasteiger partial charge in [0.25, 0.3) is 5.91 Å². The van der Waals surface area contributed by atoms with E-state index >= 15 is 0 Å². The zero-order chi connectivity index (χ0) is 16.5. The minimum absolute atomic E-state index is 0.104. The van der Waals surface area contributed by atoms with Crippen molar-refractivity contribution in [3.05, 3.63) is 42.0 Å². The lowest BCUT2D eigenvalue weighted by molar-refractivity contribution is -0.142. The van der Waals surface area contributed by atoms with Crippen LogP contribution < -0.4 is 10.1 Å². The van der Waals surface area contributed by atoms with E-state index in [1.165, 1.54) is 13.0 Å². The number of ketones is 1. The zero-order valence-corrected chi connectivity index (χ0v) is 12.5. The van der Waals surface area contributed by atoms with Gasteiger partial charge in [0.2, 0.25) is 0 Å². The van der Waals surface area contributed by atoms with Gasteiger partial charge in [0.1, 0.15) is 11.8 Å². The van der Waals surface area contributed by atoms with Crippen molar-refractivity contribution in [3.8, 4) is 5.75 Å². The molecule has 1 unspecified atom stereocenters. The number of carboxylic acids is 1. The van der Waals surface area contributed by atoms with Gasteiger partial charge in [0.05, 0.1) is 0 Å². The molecule has 1 aromatic carbocycles. The smallest absolute Gasteiger partial charge is 0.326 e. The van der Waals surface area contributed by atoms with Gasteiger partial charge in [-0.25, -0.2) is 4.79 Å². The third-order valence-corrected chi connectivity index (χ3v) is 2.85. The van der Waals surface area contributed by atoms with Crippen molar-refractivity contribution in [2.75, 3.05) is 6.61 Å². The fourth-order valence-electron chi connectivity index (χ4n) is 1.68. The van der Waals surface area contributed by atoms with E-state index in [0.717, 1.165) is 0 Å². The SMILES string of the molecule is C/C=C/CC(NC(=O)COc1cccc(C(C)=O)c1)C(=O)O. The first-order valence-corrected chi connectivity index (χ1v) is 6.81. The van der Waals surface area contributed by atoms with Crippen molar-refractivity contribution in [3.63, 3.8) is 0 Å². The summed E-state index contributed by atoms with van der Waals surface area (Å²) in [6.45, 7) is 2.89. The Morgan fingerprint density at radius 1 is 1.36 bits per heavy atom. The fraction of sp³-hybridized carbons (Fsp3) is 0.312. The molecule has 0 saturated heterocycles. The van der Waals surface area contributed by atoms with Crippen molar-refractivity contribution in [1.29, 1.82) is 0 Å². The van der Waals surface area contributed by atoms with Gasteiger partial charge < -0.3 is 15.2 Å². The van der Waals surface area contributed by atoms with E-state index in [2.05, 4.69) is 5.32 Å². The van der Waals surface area contributed by atoms with E-state index in [-0.39, 0.29) is 18.8 Å². The van der Waals surface area contributed by atoms with Crippen LogP contribution in [-0.2, 0) is 9.59 Å². The van der Waals surface area contributed by atoms with E-state index < -0.39 is 17.9 Å². The van der Waals surface area contributed by atoms with Crippen LogP contribution >= 0.6 is 0 Å². The summed E-state index contributed by atoms with van der Waals surface area (Å²) in [6.07, 6.45) is 3.58. The molecule has 6 heteroatoms. The summed E-state index contributed by atoms with van der Waals surface area (Å²) in [4.78, 5) is 34.0. The standard InChI is InChI=1S/C16H19NO5/c1-3-4-8-14(16(20)21)17-15(19)10-22-13-7-5-6-12(9-13)11(2)18/h3-7,9,14H,8,10H2,1-2H3,(H,17,19)(H,20,21)/b4-3+. The summed E-state index contributed by atoms with van der Waals surface area (Å²) in [6, 6.07) is 5.46. The maximum Gasteiger partial charge on any atom is 0.326 e. The van der Waals surface area contributed by atoms with Crippen molar-refractivity contribution in [1.82, 2.24) is 5.32 Å². The molecule has 0 bridgehead atoms. The Kier molecular flexibility index (Phi) is 6.82. The lowest BCUT2D eigenvalue weighted by Crippen LogP contribution is -2.42. The number of allylic oxidation sites excluding steroid dienone is 1. The number of hydrogen-bond donors (Lipinski definition) is 2. The first-order valence-electron chi connectivity index (χ1n) is 6.81. The van der Waals surface area contributed by atoms with E-state index in [0.29, 0.717) is 11.3 Å². The van der Waals surface area contributed by atoms with Crippen LogP contribution in [0.2, 0.25) is 0 Å². The molecule has 0 heterocycles. The highest BCUT2D eigenvalue weighted by Gasteiger charge is 2.18. The Morgan fingerprint density at radius 3 is 2.68 bits per heavy atom. The number of nitrogens with one attached hydrogen (secondary N) is 1. The van der Waals surface area contributed by atoms with Crippen LogP contribution in [0.1, 0.15) is 30.6 Å². The lowest BCUT2D eigenvalue weighted by atomic mass is 10.1.